The Balaban J connectivity index is 2.09. The Bertz CT molecular complexity index is 1250. The summed E-state index contributed by atoms with van der Waals surface area (Å²) in [6.45, 7) is 1.48. The predicted octanol–water partition coefficient (Wildman–Crippen LogP) is 5.45. The van der Waals surface area contributed by atoms with Crippen LogP contribution in [0.3, 0.4) is 0 Å². The van der Waals surface area contributed by atoms with E-state index >= 15 is 0 Å². The van der Waals surface area contributed by atoms with Gasteiger partial charge in [-0.15, -0.1) is 10.2 Å². The van der Waals surface area contributed by atoms with E-state index in [0.29, 0.717) is 32.3 Å². The first-order valence-electron chi connectivity index (χ1n) is 8.61. The molecule has 158 valence electrons. The van der Waals surface area contributed by atoms with E-state index in [1.54, 1.807) is 28.8 Å². The molecule has 0 radical (unpaired) electrons. The molecule has 31 heavy (non-hydrogen) atoms. The number of benzene rings is 2. The Kier molecular flexibility index (Phi) is 7.23. The number of Topliss-reactive ketones (excluding diaryl/α,β-unsaturated/α-hetero) is 1. The second kappa shape index (κ2) is 9.71. The highest BCUT2D eigenvalue weighted by molar-refractivity contribution is 7.99. The Hall–Kier alpha value is -2.57. The van der Waals surface area contributed by atoms with E-state index in [9.17, 15) is 9.18 Å². The van der Waals surface area contributed by atoms with Gasteiger partial charge in [0, 0.05) is 16.3 Å². The van der Waals surface area contributed by atoms with Crippen molar-refractivity contribution in [1.82, 2.24) is 14.8 Å². The number of nitriles is 1. The minimum absolute atomic E-state index is 0.0974. The van der Waals surface area contributed by atoms with Crippen LogP contribution in [0.2, 0.25) is 15.1 Å². The number of thioether (sulfide) groups is 1. The summed E-state index contributed by atoms with van der Waals surface area (Å²) in [5, 5.41) is 18.5. The molecule has 0 saturated carbocycles. The lowest BCUT2D eigenvalue weighted by Crippen LogP contribution is -2.11. The van der Waals surface area contributed by atoms with Crippen LogP contribution in [0, 0.1) is 17.1 Å². The average molecular weight is 497 g/mol. The molecule has 6 nitrogen and oxygen atoms in total. The first kappa shape index (κ1) is 23.1. The topological polar surface area (TPSA) is 97.6 Å². The van der Waals surface area contributed by atoms with Gasteiger partial charge in [-0.25, -0.2) is 4.39 Å². The van der Waals surface area contributed by atoms with Crippen LogP contribution in [0.4, 0.5) is 4.39 Å². The van der Waals surface area contributed by atoms with Gasteiger partial charge in [0.15, 0.2) is 16.8 Å². The molecule has 11 heteroatoms. The van der Waals surface area contributed by atoms with Gasteiger partial charge in [0.1, 0.15) is 17.5 Å². The summed E-state index contributed by atoms with van der Waals surface area (Å²) < 4.78 is 15.3. The highest BCUT2D eigenvalue weighted by atomic mass is 35.5. The van der Waals surface area contributed by atoms with Gasteiger partial charge in [0.25, 0.3) is 0 Å². The molecule has 0 aliphatic carbocycles. The standard InChI is InChI=1S/C20H13Cl3FN5OS/c1-10(26)14(8-25)18(30)9-31-20-28-27-19(13-4-2-11(21)6-15(13)22)29(20)12-3-5-17(24)16(23)7-12/h2-7H,9,26H2,1H3/b14-10+. The normalized spacial score (nSPS) is 11.7. The Morgan fingerprint density at radius 1 is 1.19 bits per heavy atom. The van der Waals surface area contributed by atoms with Gasteiger partial charge < -0.3 is 5.73 Å². The van der Waals surface area contributed by atoms with Crippen molar-refractivity contribution in [3.63, 3.8) is 0 Å². The lowest BCUT2D eigenvalue weighted by atomic mass is 10.2. The van der Waals surface area contributed by atoms with Crippen LogP contribution in [-0.2, 0) is 4.79 Å². The van der Waals surface area contributed by atoms with Crippen molar-refractivity contribution in [2.75, 3.05) is 5.75 Å². The van der Waals surface area contributed by atoms with E-state index < -0.39 is 11.6 Å². The Morgan fingerprint density at radius 3 is 2.55 bits per heavy atom. The quantitative estimate of drug-likeness (QED) is 0.277. The lowest BCUT2D eigenvalue weighted by molar-refractivity contribution is -0.112. The maximum Gasteiger partial charge on any atom is 0.196 e. The number of rotatable bonds is 6. The Labute approximate surface area is 196 Å². The van der Waals surface area contributed by atoms with Gasteiger partial charge in [-0.2, -0.15) is 5.26 Å². The molecule has 0 amide bonds. The maximum absolute atomic E-state index is 13.7. The summed E-state index contributed by atoms with van der Waals surface area (Å²) in [6, 6.07) is 10.8. The minimum atomic E-state index is -0.587. The summed E-state index contributed by atoms with van der Waals surface area (Å²) in [7, 11) is 0. The zero-order valence-electron chi connectivity index (χ0n) is 15.9. The van der Waals surface area contributed by atoms with E-state index in [1.807, 2.05) is 0 Å². The van der Waals surface area contributed by atoms with Gasteiger partial charge in [-0.3, -0.25) is 9.36 Å². The predicted molar refractivity (Wildman–Crippen MR) is 120 cm³/mol. The number of hydrogen-bond donors (Lipinski definition) is 1. The molecule has 0 aliphatic rings. The molecule has 0 bridgehead atoms. The van der Waals surface area contributed by atoms with Crippen molar-refractivity contribution in [3.8, 4) is 23.1 Å². The fourth-order valence-electron chi connectivity index (χ4n) is 2.64. The van der Waals surface area contributed by atoms with E-state index in [0.717, 1.165) is 11.8 Å². The smallest absolute Gasteiger partial charge is 0.196 e. The largest absolute Gasteiger partial charge is 0.401 e. The SMILES string of the molecule is C/C(N)=C(/C#N)C(=O)CSc1nnc(-c2ccc(Cl)cc2Cl)n1-c1ccc(F)c(Cl)c1. The van der Waals surface area contributed by atoms with Crippen molar-refractivity contribution in [1.29, 1.82) is 5.26 Å². The number of aromatic nitrogens is 3. The molecule has 0 aliphatic heterocycles. The molecule has 3 aromatic rings. The highest BCUT2D eigenvalue weighted by Gasteiger charge is 2.21. The molecule has 0 atom stereocenters. The Morgan fingerprint density at radius 2 is 1.94 bits per heavy atom. The van der Waals surface area contributed by atoms with Crippen LogP contribution in [0.15, 0.2) is 52.8 Å². The second-order valence-electron chi connectivity index (χ2n) is 6.25. The molecule has 1 heterocycles. The number of ketones is 1. The summed E-state index contributed by atoms with van der Waals surface area (Å²) in [4.78, 5) is 12.4. The fraction of sp³-hybridized carbons (Fsp3) is 0.100. The third-order valence-electron chi connectivity index (χ3n) is 4.08. The molecule has 0 unspecified atom stereocenters. The molecule has 1 aromatic heterocycles. The van der Waals surface area contributed by atoms with Crippen molar-refractivity contribution < 1.29 is 9.18 Å². The molecule has 0 saturated heterocycles. The van der Waals surface area contributed by atoms with Gasteiger partial charge in [0.2, 0.25) is 0 Å². The van der Waals surface area contributed by atoms with Crippen LogP contribution in [0.5, 0.6) is 0 Å². The van der Waals surface area contributed by atoms with E-state index in [2.05, 4.69) is 10.2 Å². The lowest BCUT2D eigenvalue weighted by Gasteiger charge is -2.12. The van der Waals surface area contributed by atoms with Gasteiger partial charge in [-0.05, 0) is 43.3 Å². The summed E-state index contributed by atoms with van der Waals surface area (Å²) >= 11 is 19.3. The maximum atomic E-state index is 13.7. The third-order valence-corrected chi connectivity index (χ3v) is 5.85. The minimum Gasteiger partial charge on any atom is -0.401 e. The number of allylic oxidation sites excluding steroid dienone is 2. The van der Waals surface area contributed by atoms with E-state index in [-0.39, 0.29) is 22.0 Å². The average Bonchev–Trinajstić information content (AvgIpc) is 3.12. The molecule has 3 rings (SSSR count). The van der Waals surface area contributed by atoms with Crippen LogP contribution in [0.1, 0.15) is 6.92 Å². The molecular formula is C20H13Cl3FN5OS. The third kappa shape index (κ3) is 5.02. The number of carbonyl (C=O) groups excluding carboxylic acids is 1. The first-order chi connectivity index (χ1) is 14.7. The first-order valence-corrected chi connectivity index (χ1v) is 10.7. The fourth-order valence-corrected chi connectivity index (χ4v) is 4.13. The van der Waals surface area contributed by atoms with Gasteiger partial charge in [-0.1, -0.05) is 46.6 Å². The van der Waals surface area contributed by atoms with Crippen LogP contribution < -0.4 is 5.73 Å². The number of halogens is 4. The van der Waals surface area contributed by atoms with Crippen LogP contribution >= 0.6 is 46.6 Å². The number of nitrogens with zero attached hydrogens (tertiary/aromatic N) is 4. The molecule has 0 spiro atoms. The summed E-state index contributed by atoms with van der Waals surface area (Å²) in [5.74, 6) is -0.814. The van der Waals surface area contributed by atoms with Crippen LogP contribution in [-0.4, -0.2) is 26.3 Å². The molecule has 0 fully saturated rings. The highest BCUT2D eigenvalue weighted by Crippen LogP contribution is 2.34. The van der Waals surface area contributed by atoms with E-state index in [1.165, 1.54) is 25.1 Å². The van der Waals surface area contributed by atoms with Crippen molar-refractivity contribution >= 4 is 52.3 Å². The summed E-state index contributed by atoms with van der Waals surface area (Å²) in [6.07, 6.45) is 0. The monoisotopic (exact) mass is 495 g/mol. The number of carbonyl (C=O) groups is 1. The number of hydrogen-bond acceptors (Lipinski definition) is 6. The van der Waals surface area contributed by atoms with Crippen molar-refractivity contribution in [2.24, 2.45) is 5.73 Å². The van der Waals surface area contributed by atoms with E-state index in [4.69, 9.17) is 45.8 Å². The van der Waals surface area contributed by atoms with Crippen molar-refractivity contribution in [3.05, 3.63) is 68.6 Å². The van der Waals surface area contributed by atoms with Crippen molar-refractivity contribution in [2.45, 2.75) is 12.1 Å². The second-order valence-corrected chi connectivity index (χ2v) is 8.44. The van der Waals surface area contributed by atoms with Gasteiger partial charge in [0.05, 0.1) is 21.5 Å². The number of nitrogens with two attached hydrogens (primary N) is 1. The van der Waals surface area contributed by atoms with Crippen LogP contribution in [0.25, 0.3) is 17.1 Å². The molecule has 2 N–H and O–H groups in total. The summed E-state index contributed by atoms with van der Waals surface area (Å²) in [5.41, 5.74) is 6.59. The molecular weight excluding hydrogens is 484 g/mol. The molecule has 2 aromatic carbocycles. The zero-order chi connectivity index (χ0) is 22.7. The van der Waals surface area contributed by atoms with Gasteiger partial charge >= 0.3 is 0 Å². The zero-order valence-corrected chi connectivity index (χ0v) is 19.0.